The van der Waals surface area contributed by atoms with Crippen LogP contribution in [0.15, 0.2) is 24.3 Å². The fourth-order valence-corrected chi connectivity index (χ4v) is 0.775. The Bertz CT molecular complexity index is 181. The molecular weight excluding hydrogens is 253 g/mol. The van der Waals surface area contributed by atoms with Crippen molar-refractivity contribution < 1.29 is 19.5 Å². The second-order valence-corrected chi connectivity index (χ2v) is 2.17. The molecule has 11 heavy (non-hydrogen) atoms. The Labute approximate surface area is 91.9 Å². The number of hydrogen-bond acceptors (Lipinski definition) is 0. The molecule has 58 valence electrons. The van der Waals surface area contributed by atoms with Crippen molar-refractivity contribution in [2.24, 2.45) is 0 Å². The van der Waals surface area contributed by atoms with E-state index in [1.54, 1.807) is 0 Å². The van der Waals surface area contributed by atoms with Crippen LogP contribution in [0.2, 0.25) is 0 Å². The van der Waals surface area contributed by atoms with Crippen molar-refractivity contribution >= 4 is 17.0 Å². The summed E-state index contributed by atoms with van der Waals surface area (Å²) in [4.78, 5) is 0. The third kappa shape index (κ3) is 4.60. The summed E-state index contributed by atoms with van der Waals surface area (Å²) in [5, 5.41) is 0. The number of halogens is 1. The van der Waals surface area contributed by atoms with Gasteiger partial charge in [0.25, 0.3) is 0 Å². The Morgan fingerprint density at radius 2 is 1.64 bits per heavy atom. The Morgan fingerprint density at radius 3 is 2.00 bits per heavy atom. The van der Waals surface area contributed by atoms with Crippen molar-refractivity contribution in [2.75, 3.05) is 0 Å². The van der Waals surface area contributed by atoms with Gasteiger partial charge in [-0.2, -0.15) is 24.6 Å². The van der Waals surface area contributed by atoms with Crippen LogP contribution in [0.1, 0.15) is 18.1 Å². The van der Waals surface area contributed by atoms with E-state index in [4.69, 9.17) is 0 Å². The SMILES string of the molecule is Br.[CH2-]c1ccc(CC)cc1.[Zn]. The van der Waals surface area contributed by atoms with Crippen LogP contribution < -0.4 is 0 Å². The van der Waals surface area contributed by atoms with Gasteiger partial charge in [0.15, 0.2) is 0 Å². The van der Waals surface area contributed by atoms with Gasteiger partial charge in [-0.05, 0) is 6.42 Å². The zero-order valence-corrected chi connectivity index (χ0v) is 11.5. The fourth-order valence-electron chi connectivity index (χ4n) is 0.775. The number of hydrogen-bond donors (Lipinski definition) is 0. The number of benzene rings is 1. The van der Waals surface area contributed by atoms with E-state index >= 15 is 0 Å². The largest absolute Gasteiger partial charge is 0.199 e. The predicted octanol–water partition coefficient (Wildman–Crippen LogP) is 3.01. The second kappa shape index (κ2) is 6.88. The quantitative estimate of drug-likeness (QED) is 0.541. The number of aryl methyl sites for hydroxylation is 1. The summed E-state index contributed by atoms with van der Waals surface area (Å²) in [6.07, 6.45) is 1.11. The minimum Gasteiger partial charge on any atom is -0.199 e. The average molecular weight is 265 g/mol. The van der Waals surface area contributed by atoms with Crippen molar-refractivity contribution in [2.45, 2.75) is 13.3 Å². The van der Waals surface area contributed by atoms with Gasteiger partial charge >= 0.3 is 0 Å². The zero-order valence-electron chi connectivity index (χ0n) is 6.84. The van der Waals surface area contributed by atoms with E-state index in [1.807, 2.05) is 12.1 Å². The molecule has 0 amide bonds. The van der Waals surface area contributed by atoms with Gasteiger partial charge in [0, 0.05) is 19.5 Å². The predicted molar refractivity (Wildman–Crippen MR) is 50.6 cm³/mol. The van der Waals surface area contributed by atoms with E-state index in [9.17, 15) is 0 Å². The zero-order chi connectivity index (χ0) is 6.69. The molecule has 0 saturated carbocycles. The molecule has 0 aliphatic heterocycles. The first-order valence-corrected chi connectivity index (χ1v) is 3.24. The van der Waals surface area contributed by atoms with E-state index in [0.717, 1.165) is 12.0 Å². The van der Waals surface area contributed by atoms with Crippen molar-refractivity contribution in [3.8, 4) is 0 Å². The van der Waals surface area contributed by atoms with Crippen LogP contribution in [0.3, 0.4) is 0 Å². The summed E-state index contributed by atoms with van der Waals surface area (Å²) < 4.78 is 0. The first-order valence-electron chi connectivity index (χ1n) is 3.24. The maximum Gasteiger partial charge on any atom is 0 e. The summed E-state index contributed by atoms with van der Waals surface area (Å²) in [7, 11) is 0. The Kier molecular flexibility index (Phi) is 8.60. The molecule has 0 nitrogen and oxygen atoms in total. The van der Waals surface area contributed by atoms with Crippen LogP contribution in [-0.2, 0) is 25.9 Å². The molecule has 0 unspecified atom stereocenters. The smallest absolute Gasteiger partial charge is 0 e. The molecule has 0 aromatic heterocycles. The van der Waals surface area contributed by atoms with Gasteiger partial charge in [0.2, 0.25) is 0 Å². The first kappa shape index (κ1) is 13.8. The summed E-state index contributed by atoms with van der Waals surface area (Å²) >= 11 is 0. The molecule has 1 aromatic rings. The third-order valence-electron chi connectivity index (χ3n) is 1.43. The van der Waals surface area contributed by atoms with Gasteiger partial charge in [-0.1, -0.05) is 12.5 Å². The van der Waals surface area contributed by atoms with Crippen molar-refractivity contribution in [3.63, 3.8) is 0 Å². The van der Waals surface area contributed by atoms with Crippen LogP contribution in [-0.4, -0.2) is 0 Å². The standard InChI is InChI=1S/C9H11.BrH.Zn/c1-3-9-6-4-8(2)5-7-9;;/h4-7H,2-3H2,1H3;1H;/q-1;;. The first-order chi connectivity index (χ1) is 4.33. The van der Waals surface area contributed by atoms with Gasteiger partial charge in [0.05, 0.1) is 0 Å². The van der Waals surface area contributed by atoms with Crippen molar-refractivity contribution in [1.82, 2.24) is 0 Å². The molecule has 0 aliphatic rings. The molecule has 0 aliphatic carbocycles. The molecule has 0 spiro atoms. The molecular formula is C9H12BrZn-. The second-order valence-electron chi connectivity index (χ2n) is 2.17. The average Bonchev–Trinajstić information content (AvgIpc) is 1.90. The van der Waals surface area contributed by atoms with Crippen LogP contribution in [0, 0.1) is 6.92 Å². The monoisotopic (exact) mass is 263 g/mol. The normalized spacial score (nSPS) is 7.73. The number of rotatable bonds is 1. The van der Waals surface area contributed by atoms with E-state index in [0.29, 0.717) is 0 Å². The van der Waals surface area contributed by atoms with Gasteiger partial charge in [-0.15, -0.1) is 29.1 Å². The van der Waals surface area contributed by atoms with Crippen molar-refractivity contribution in [3.05, 3.63) is 42.3 Å². The van der Waals surface area contributed by atoms with Crippen molar-refractivity contribution in [1.29, 1.82) is 0 Å². The Hall–Kier alpha value is 0.193. The molecule has 0 radical (unpaired) electrons. The van der Waals surface area contributed by atoms with Gasteiger partial charge < -0.3 is 0 Å². The summed E-state index contributed by atoms with van der Waals surface area (Å²) in [5.41, 5.74) is 2.47. The summed E-state index contributed by atoms with van der Waals surface area (Å²) in [6, 6.07) is 8.31. The van der Waals surface area contributed by atoms with Crippen LogP contribution in [0.5, 0.6) is 0 Å². The molecule has 1 rings (SSSR count). The molecule has 0 saturated heterocycles. The summed E-state index contributed by atoms with van der Waals surface area (Å²) in [6.45, 7) is 5.95. The topological polar surface area (TPSA) is 0 Å². The minimum absolute atomic E-state index is 0. The van der Waals surface area contributed by atoms with Gasteiger partial charge in [-0.3, -0.25) is 0 Å². The minimum atomic E-state index is 0. The van der Waals surface area contributed by atoms with Crippen LogP contribution in [0.4, 0.5) is 0 Å². The van der Waals surface area contributed by atoms with E-state index in [2.05, 4.69) is 26.0 Å². The van der Waals surface area contributed by atoms with Crippen LogP contribution in [0.25, 0.3) is 0 Å². The third-order valence-corrected chi connectivity index (χ3v) is 1.43. The fraction of sp³-hybridized carbons (Fsp3) is 0.222. The maximum atomic E-state index is 3.80. The molecule has 0 bridgehead atoms. The summed E-state index contributed by atoms with van der Waals surface area (Å²) in [5.74, 6) is 0. The molecule has 2 heteroatoms. The van der Waals surface area contributed by atoms with Gasteiger partial charge in [0.1, 0.15) is 0 Å². The maximum absolute atomic E-state index is 3.80. The van der Waals surface area contributed by atoms with E-state index < -0.39 is 0 Å². The van der Waals surface area contributed by atoms with Crippen LogP contribution >= 0.6 is 17.0 Å². The Morgan fingerprint density at radius 1 is 1.18 bits per heavy atom. The molecule has 0 fully saturated rings. The van der Waals surface area contributed by atoms with Gasteiger partial charge in [-0.25, -0.2) is 0 Å². The Balaban J connectivity index is 0. The van der Waals surface area contributed by atoms with E-state index in [-0.39, 0.29) is 36.5 Å². The molecule has 1 aromatic carbocycles. The van der Waals surface area contributed by atoms with E-state index in [1.165, 1.54) is 5.56 Å². The molecule has 0 heterocycles. The molecule has 0 atom stereocenters. The molecule has 0 N–H and O–H groups in total.